The van der Waals surface area contributed by atoms with Gasteiger partial charge in [0.25, 0.3) is 5.91 Å². The van der Waals surface area contributed by atoms with Crippen LogP contribution >= 0.6 is 0 Å². The first kappa shape index (κ1) is 28.2. The Kier molecular flexibility index (Phi) is 6.45. The van der Waals surface area contributed by atoms with Crippen LogP contribution < -0.4 is 5.73 Å². The molecular weight excluding hydrogens is 532 g/mol. The summed E-state index contributed by atoms with van der Waals surface area (Å²) in [6, 6.07) is 8.27. The second-order valence-electron chi connectivity index (χ2n) is 11.1. The molecule has 3 aliphatic rings. The van der Waals surface area contributed by atoms with Crippen LogP contribution in [0.1, 0.15) is 46.0 Å². The summed E-state index contributed by atoms with van der Waals surface area (Å²) >= 11 is 0. The molecular formula is C30H30N2O9. The summed E-state index contributed by atoms with van der Waals surface area (Å²) in [6.07, 6.45) is -1.66. The van der Waals surface area contributed by atoms with Gasteiger partial charge in [0.05, 0.1) is 23.6 Å². The predicted octanol–water partition coefficient (Wildman–Crippen LogP) is 1.52. The number of carbonyl (C=O) groups excluding carboxylic acids is 4. The number of Topliss-reactive ketones (excluding diaryl/α,β-unsaturated/α-hetero) is 3. The van der Waals surface area contributed by atoms with Crippen molar-refractivity contribution in [3.05, 3.63) is 75.8 Å². The van der Waals surface area contributed by atoms with E-state index in [-0.39, 0.29) is 16.9 Å². The molecule has 0 aromatic heterocycles. The normalized spacial score (nSPS) is 29.3. The largest absolute Gasteiger partial charge is 0.510 e. The molecule has 0 fully saturated rings. The number of amides is 1. The number of phenolic OH excluding ortho intramolecular Hbond substituents is 1. The third kappa shape index (κ3) is 3.69. The number of likely N-dealkylation sites (N-methyl/N-ethyl adjacent to an activating group) is 1. The molecule has 3 aliphatic carbocycles. The Labute approximate surface area is 234 Å². The summed E-state index contributed by atoms with van der Waals surface area (Å²) in [5.41, 5.74) is 2.35. The van der Waals surface area contributed by atoms with Crippen LogP contribution in [-0.4, -0.2) is 85.5 Å². The molecule has 0 spiro atoms. The number of aromatic hydroxyl groups is 1. The molecule has 5 rings (SSSR count). The summed E-state index contributed by atoms with van der Waals surface area (Å²) < 4.78 is 0. The minimum absolute atomic E-state index is 0.146. The Balaban J connectivity index is 1.73. The number of primary amides is 1. The summed E-state index contributed by atoms with van der Waals surface area (Å²) in [7, 11) is 2.96. The van der Waals surface area contributed by atoms with Crippen LogP contribution in [0, 0.1) is 11.8 Å². The van der Waals surface area contributed by atoms with Gasteiger partial charge in [-0.2, -0.15) is 0 Å². The molecule has 11 nitrogen and oxygen atoms in total. The highest BCUT2D eigenvalue weighted by Gasteiger charge is 2.67. The monoisotopic (exact) mass is 562 g/mol. The Morgan fingerprint density at radius 3 is 2.15 bits per heavy atom. The van der Waals surface area contributed by atoms with E-state index in [0.717, 1.165) is 0 Å². The van der Waals surface area contributed by atoms with Crippen molar-refractivity contribution in [1.29, 1.82) is 0 Å². The van der Waals surface area contributed by atoms with E-state index in [1.807, 2.05) is 0 Å². The Bertz CT molecular complexity index is 1600. The van der Waals surface area contributed by atoms with Crippen LogP contribution in [-0.2, 0) is 9.59 Å². The smallest absolute Gasteiger partial charge is 0.255 e. The van der Waals surface area contributed by atoms with E-state index in [0.29, 0.717) is 16.7 Å². The minimum Gasteiger partial charge on any atom is -0.510 e. The van der Waals surface area contributed by atoms with Crippen molar-refractivity contribution in [2.45, 2.75) is 37.5 Å². The lowest BCUT2D eigenvalue weighted by Crippen LogP contribution is -2.68. The Morgan fingerprint density at radius 1 is 1.00 bits per heavy atom. The third-order valence-corrected chi connectivity index (χ3v) is 8.73. The number of aliphatic hydroxyl groups excluding tert-OH is 3. The summed E-state index contributed by atoms with van der Waals surface area (Å²) in [6.45, 7) is 3.08. The van der Waals surface area contributed by atoms with Crippen molar-refractivity contribution in [2.75, 3.05) is 14.1 Å². The van der Waals surface area contributed by atoms with Crippen LogP contribution in [0.4, 0.5) is 0 Å². The molecule has 0 radical (unpaired) electrons. The van der Waals surface area contributed by atoms with E-state index in [2.05, 4.69) is 0 Å². The van der Waals surface area contributed by atoms with E-state index in [4.69, 9.17) is 5.73 Å². The lowest BCUT2D eigenvalue weighted by atomic mass is 9.55. The van der Waals surface area contributed by atoms with Gasteiger partial charge in [0, 0.05) is 22.6 Å². The highest BCUT2D eigenvalue weighted by Crippen LogP contribution is 2.56. The zero-order chi connectivity index (χ0) is 30.3. The molecule has 0 saturated heterocycles. The fourth-order valence-electron chi connectivity index (χ4n) is 6.74. The molecule has 6 unspecified atom stereocenters. The maximum absolute atomic E-state index is 14.0. The lowest BCUT2D eigenvalue weighted by Gasteiger charge is -2.53. The minimum atomic E-state index is -2.97. The van der Waals surface area contributed by atoms with Gasteiger partial charge in [-0.3, -0.25) is 24.1 Å². The fourth-order valence-corrected chi connectivity index (χ4v) is 6.74. The summed E-state index contributed by atoms with van der Waals surface area (Å²) in [5, 5.41) is 57.1. The number of carbonyl (C=O) groups is 4. The first-order valence-electron chi connectivity index (χ1n) is 13.0. The number of nitrogens with two attached hydrogens (primary N) is 1. The fraction of sp³-hybridized carbons (Fsp3) is 0.333. The molecule has 0 heterocycles. The quantitative estimate of drug-likeness (QED) is 0.235. The number of nitrogens with zero attached hydrogens (tertiary/aromatic N) is 1. The van der Waals surface area contributed by atoms with Crippen LogP contribution in [0.3, 0.4) is 0 Å². The molecule has 0 bridgehead atoms. The van der Waals surface area contributed by atoms with Gasteiger partial charge in [-0.05, 0) is 38.1 Å². The van der Waals surface area contributed by atoms with Gasteiger partial charge in [0.2, 0.25) is 5.78 Å². The van der Waals surface area contributed by atoms with Crippen LogP contribution in [0.5, 0.6) is 5.75 Å². The van der Waals surface area contributed by atoms with Crippen molar-refractivity contribution in [2.24, 2.45) is 17.6 Å². The number of hydrogen-bond acceptors (Lipinski definition) is 10. The number of hydrogen-bond donors (Lipinski definition) is 6. The molecule has 41 heavy (non-hydrogen) atoms. The van der Waals surface area contributed by atoms with Crippen LogP contribution in [0.25, 0.3) is 11.1 Å². The van der Waals surface area contributed by atoms with E-state index >= 15 is 0 Å². The van der Waals surface area contributed by atoms with E-state index in [1.54, 1.807) is 43.3 Å². The number of ketones is 3. The topological polar surface area (TPSA) is 199 Å². The average Bonchev–Trinajstić information content (AvgIpc) is 2.90. The summed E-state index contributed by atoms with van der Waals surface area (Å²) in [5.74, 6) is -9.54. The SMILES string of the molecule is CC(=O)c1ccc(-c2ccc3c(c2O)C(=O)C2=C(O)C4(O)C(=O)C(C(N)=O)=C(O)C(N(C)C)C4C(O)C2C3C)cc1. The number of phenols is 1. The van der Waals surface area contributed by atoms with E-state index in [1.165, 1.54) is 25.9 Å². The average molecular weight is 563 g/mol. The highest BCUT2D eigenvalue weighted by molar-refractivity contribution is 6.25. The van der Waals surface area contributed by atoms with Gasteiger partial charge < -0.3 is 31.3 Å². The van der Waals surface area contributed by atoms with Gasteiger partial charge in [-0.25, -0.2) is 0 Å². The van der Waals surface area contributed by atoms with Gasteiger partial charge in [0.1, 0.15) is 22.8 Å². The third-order valence-electron chi connectivity index (χ3n) is 8.73. The lowest BCUT2D eigenvalue weighted by molar-refractivity contribution is -0.162. The first-order chi connectivity index (χ1) is 19.2. The molecule has 6 atom stereocenters. The zero-order valence-corrected chi connectivity index (χ0v) is 22.7. The maximum atomic E-state index is 14.0. The van der Waals surface area contributed by atoms with Gasteiger partial charge in [-0.15, -0.1) is 0 Å². The molecule has 11 heteroatoms. The second kappa shape index (κ2) is 9.37. The molecule has 1 amide bonds. The van der Waals surface area contributed by atoms with Gasteiger partial charge in [0.15, 0.2) is 17.2 Å². The predicted molar refractivity (Wildman–Crippen MR) is 145 cm³/mol. The molecule has 0 saturated carbocycles. The summed E-state index contributed by atoms with van der Waals surface area (Å²) in [4.78, 5) is 52.7. The Morgan fingerprint density at radius 2 is 1.61 bits per heavy atom. The van der Waals surface area contributed by atoms with Crippen LogP contribution in [0.2, 0.25) is 0 Å². The highest BCUT2D eigenvalue weighted by atomic mass is 16.4. The molecule has 214 valence electrons. The van der Waals surface area contributed by atoms with Crippen molar-refractivity contribution < 1.29 is 44.7 Å². The second-order valence-corrected chi connectivity index (χ2v) is 11.1. The maximum Gasteiger partial charge on any atom is 0.255 e. The number of rotatable bonds is 4. The van der Waals surface area contributed by atoms with Crippen molar-refractivity contribution in [1.82, 2.24) is 4.90 Å². The van der Waals surface area contributed by atoms with Crippen LogP contribution in [0.15, 0.2) is 59.1 Å². The van der Waals surface area contributed by atoms with Gasteiger partial charge >= 0.3 is 0 Å². The number of fused-ring (bicyclic) bond motifs is 3. The number of aliphatic hydroxyl groups is 4. The standard InChI is InChI=1S/C30H30N2O9/c1-11-15-9-10-16(14-7-5-13(6-8-14)12(2)33)23(34)18(15)24(35)19-17(11)25(36)21-22(32(3)4)26(37)20(29(31)40)28(39)30(21,41)27(19)38/h5-11,17,21-22,25,34,36-38,41H,1-4H3,(H2,31,40). The molecule has 2 aromatic carbocycles. The Hall–Kier alpha value is -4.32. The van der Waals surface area contributed by atoms with Gasteiger partial charge in [-0.1, -0.05) is 43.3 Å². The van der Waals surface area contributed by atoms with E-state index < -0.39 is 81.4 Å². The van der Waals surface area contributed by atoms with Crippen molar-refractivity contribution >= 4 is 23.3 Å². The van der Waals surface area contributed by atoms with E-state index in [9.17, 15) is 44.7 Å². The molecule has 2 aromatic rings. The van der Waals surface area contributed by atoms with Crippen molar-refractivity contribution in [3.8, 4) is 16.9 Å². The molecule has 7 N–H and O–H groups in total. The molecule has 0 aliphatic heterocycles. The van der Waals surface area contributed by atoms with Crippen molar-refractivity contribution in [3.63, 3.8) is 0 Å². The number of benzene rings is 2. The zero-order valence-electron chi connectivity index (χ0n) is 22.7. The first-order valence-corrected chi connectivity index (χ1v) is 13.0.